The maximum absolute atomic E-state index is 14.2. The molecule has 0 saturated heterocycles. The van der Waals surface area contributed by atoms with Gasteiger partial charge in [-0.2, -0.15) is 0 Å². The highest BCUT2D eigenvalue weighted by Gasteiger charge is 2.37. The molecule has 4 rings (SSSR count). The van der Waals surface area contributed by atoms with Crippen molar-refractivity contribution in [3.63, 3.8) is 0 Å². The molecule has 4 nitrogen and oxygen atoms in total. The van der Waals surface area contributed by atoms with Crippen LogP contribution in [-0.2, 0) is 6.42 Å². The summed E-state index contributed by atoms with van der Waals surface area (Å²) < 4.78 is 33.3. The molecular formula is C18H15F2NO3. The quantitative estimate of drug-likeness (QED) is 0.929. The first-order valence-electron chi connectivity index (χ1n) is 7.92. The van der Waals surface area contributed by atoms with E-state index in [0.717, 1.165) is 31.4 Å². The molecule has 2 heterocycles. The average molecular weight is 331 g/mol. The van der Waals surface area contributed by atoms with E-state index in [-0.39, 0.29) is 23.2 Å². The van der Waals surface area contributed by atoms with E-state index < -0.39 is 17.6 Å². The van der Waals surface area contributed by atoms with E-state index in [9.17, 15) is 18.7 Å². The Morgan fingerprint density at radius 2 is 1.96 bits per heavy atom. The number of fused-ring (bicyclic) bond motifs is 1. The van der Waals surface area contributed by atoms with Gasteiger partial charge in [0.15, 0.2) is 5.69 Å². The summed E-state index contributed by atoms with van der Waals surface area (Å²) in [6.07, 6.45) is 3.69. The number of rotatable bonds is 3. The molecule has 0 spiro atoms. The molecule has 1 aromatic heterocycles. The van der Waals surface area contributed by atoms with Gasteiger partial charge in [-0.3, -0.25) is 0 Å². The Bertz CT molecular complexity index is 833. The minimum Gasteiger partial charge on any atom is -0.477 e. The lowest BCUT2D eigenvalue weighted by Gasteiger charge is -2.27. The van der Waals surface area contributed by atoms with Gasteiger partial charge in [-0.05, 0) is 55.4 Å². The van der Waals surface area contributed by atoms with Crippen LogP contribution in [0.25, 0.3) is 11.1 Å². The number of pyridine rings is 1. The van der Waals surface area contributed by atoms with Crippen molar-refractivity contribution < 1.29 is 23.4 Å². The van der Waals surface area contributed by atoms with Gasteiger partial charge < -0.3 is 9.84 Å². The van der Waals surface area contributed by atoms with Crippen molar-refractivity contribution in [2.45, 2.75) is 31.8 Å². The molecule has 1 saturated carbocycles. The van der Waals surface area contributed by atoms with Gasteiger partial charge in [0.2, 0.25) is 5.88 Å². The second-order valence-electron chi connectivity index (χ2n) is 6.30. The molecule has 1 N–H and O–H groups in total. The van der Waals surface area contributed by atoms with Gasteiger partial charge >= 0.3 is 5.97 Å². The summed E-state index contributed by atoms with van der Waals surface area (Å²) in [5.74, 6) is -1.86. The van der Waals surface area contributed by atoms with E-state index >= 15 is 0 Å². The van der Waals surface area contributed by atoms with Crippen LogP contribution in [0.4, 0.5) is 8.78 Å². The van der Waals surface area contributed by atoms with Gasteiger partial charge in [-0.15, -0.1) is 0 Å². The third-order valence-electron chi connectivity index (χ3n) is 4.62. The van der Waals surface area contributed by atoms with Crippen molar-refractivity contribution >= 4 is 5.97 Å². The average Bonchev–Trinajstić information content (AvgIpc) is 3.38. The molecule has 1 unspecified atom stereocenters. The van der Waals surface area contributed by atoms with E-state index in [2.05, 4.69) is 4.98 Å². The van der Waals surface area contributed by atoms with Crippen LogP contribution in [-0.4, -0.2) is 22.2 Å². The molecule has 2 aliphatic rings. The highest BCUT2D eigenvalue weighted by atomic mass is 19.1. The SMILES string of the molecule is O=C(O)c1cc(-c2ccc(F)cc2F)c2c(n1)OC(C1CC1)CC2. The molecule has 0 radical (unpaired) electrons. The van der Waals surface area contributed by atoms with Gasteiger partial charge in [-0.1, -0.05) is 0 Å². The molecule has 1 atom stereocenters. The van der Waals surface area contributed by atoms with E-state index in [1.165, 1.54) is 12.1 Å². The van der Waals surface area contributed by atoms with Gasteiger partial charge in [-0.25, -0.2) is 18.6 Å². The number of aromatic carboxylic acids is 1. The van der Waals surface area contributed by atoms with Crippen LogP contribution in [0.5, 0.6) is 5.88 Å². The van der Waals surface area contributed by atoms with Crippen molar-refractivity contribution in [3.8, 4) is 17.0 Å². The topological polar surface area (TPSA) is 59.4 Å². The summed E-state index contributed by atoms with van der Waals surface area (Å²) in [6, 6.07) is 4.60. The predicted octanol–water partition coefficient (Wildman–Crippen LogP) is 3.83. The van der Waals surface area contributed by atoms with Crippen molar-refractivity contribution in [1.29, 1.82) is 0 Å². The van der Waals surface area contributed by atoms with Crippen LogP contribution in [0, 0.1) is 17.6 Å². The van der Waals surface area contributed by atoms with Crippen molar-refractivity contribution in [3.05, 3.63) is 47.2 Å². The number of carbonyl (C=O) groups is 1. The lowest BCUT2D eigenvalue weighted by molar-refractivity contribution is 0.0686. The number of carboxylic acids is 1. The number of hydrogen-bond donors (Lipinski definition) is 1. The molecule has 124 valence electrons. The van der Waals surface area contributed by atoms with Gasteiger partial charge in [0, 0.05) is 17.2 Å². The zero-order valence-corrected chi connectivity index (χ0v) is 12.8. The van der Waals surface area contributed by atoms with Crippen LogP contribution in [0.3, 0.4) is 0 Å². The van der Waals surface area contributed by atoms with Crippen molar-refractivity contribution in [2.24, 2.45) is 5.92 Å². The molecular weight excluding hydrogens is 316 g/mol. The van der Waals surface area contributed by atoms with Crippen LogP contribution < -0.4 is 4.74 Å². The summed E-state index contributed by atoms with van der Waals surface area (Å²) in [7, 11) is 0. The summed E-state index contributed by atoms with van der Waals surface area (Å²) in [6.45, 7) is 0. The molecule has 6 heteroatoms. The third kappa shape index (κ3) is 2.62. The van der Waals surface area contributed by atoms with Crippen LogP contribution in [0.15, 0.2) is 24.3 Å². The first-order chi connectivity index (χ1) is 11.5. The monoisotopic (exact) mass is 331 g/mol. The Morgan fingerprint density at radius 3 is 2.62 bits per heavy atom. The van der Waals surface area contributed by atoms with Crippen molar-refractivity contribution in [1.82, 2.24) is 4.98 Å². The number of nitrogens with zero attached hydrogens (tertiary/aromatic N) is 1. The zero-order chi connectivity index (χ0) is 16.8. The van der Waals surface area contributed by atoms with Gasteiger partial charge in [0.05, 0.1) is 0 Å². The lowest BCUT2D eigenvalue weighted by Crippen LogP contribution is -2.26. The zero-order valence-electron chi connectivity index (χ0n) is 12.8. The largest absolute Gasteiger partial charge is 0.477 e. The summed E-state index contributed by atoms with van der Waals surface area (Å²) >= 11 is 0. The molecule has 0 amide bonds. The van der Waals surface area contributed by atoms with Crippen molar-refractivity contribution in [2.75, 3.05) is 0 Å². The van der Waals surface area contributed by atoms with Gasteiger partial charge in [0.1, 0.15) is 17.7 Å². The van der Waals surface area contributed by atoms with E-state index in [0.29, 0.717) is 23.5 Å². The van der Waals surface area contributed by atoms with E-state index in [1.807, 2.05) is 0 Å². The lowest BCUT2D eigenvalue weighted by atomic mass is 9.93. The molecule has 24 heavy (non-hydrogen) atoms. The second kappa shape index (κ2) is 5.54. The van der Waals surface area contributed by atoms with E-state index in [1.54, 1.807) is 0 Å². The highest BCUT2D eigenvalue weighted by molar-refractivity contribution is 5.88. The minimum atomic E-state index is -1.21. The molecule has 1 aliphatic heterocycles. The predicted molar refractivity (Wildman–Crippen MR) is 82.0 cm³/mol. The Morgan fingerprint density at radius 1 is 1.17 bits per heavy atom. The number of ether oxygens (including phenoxy) is 1. The maximum atomic E-state index is 14.2. The minimum absolute atomic E-state index is 0.0416. The van der Waals surface area contributed by atoms with Crippen LogP contribution in [0.1, 0.15) is 35.3 Å². The number of aromatic nitrogens is 1. The molecule has 2 aromatic rings. The normalized spacial score (nSPS) is 19.5. The summed E-state index contributed by atoms with van der Waals surface area (Å²) in [5, 5.41) is 9.29. The fourth-order valence-corrected chi connectivity index (χ4v) is 3.23. The summed E-state index contributed by atoms with van der Waals surface area (Å²) in [4.78, 5) is 15.5. The standard InChI is InChI=1S/C18H15F2NO3/c19-10-3-4-11(14(20)7-10)13-8-15(18(22)23)21-17-12(13)5-6-16(24-17)9-1-2-9/h3-4,7-9,16H,1-2,5-6H2,(H,22,23). The molecule has 0 bridgehead atoms. The summed E-state index contributed by atoms with van der Waals surface area (Å²) in [5.41, 5.74) is 1.04. The Kier molecular flexibility index (Phi) is 3.48. The number of hydrogen-bond acceptors (Lipinski definition) is 3. The first-order valence-corrected chi connectivity index (χ1v) is 7.92. The fourth-order valence-electron chi connectivity index (χ4n) is 3.23. The maximum Gasteiger partial charge on any atom is 0.354 e. The Hall–Kier alpha value is -2.50. The molecule has 1 aliphatic carbocycles. The number of halogens is 2. The molecule has 1 aromatic carbocycles. The third-order valence-corrected chi connectivity index (χ3v) is 4.62. The molecule has 1 fully saturated rings. The van der Waals surface area contributed by atoms with Crippen LogP contribution in [0.2, 0.25) is 0 Å². The van der Waals surface area contributed by atoms with Gasteiger partial charge in [0.25, 0.3) is 0 Å². The first kappa shape index (κ1) is 15.1. The number of carboxylic acid groups (broad SMARTS) is 1. The number of benzene rings is 1. The van der Waals surface area contributed by atoms with Crippen LogP contribution >= 0.6 is 0 Å². The fraction of sp³-hybridized carbons (Fsp3) is 0.333. The Balaban J connectivity index is 1.85. The highest BCUT2D eigenvalue weighted by Crippen LogP contribution is 2.42. The van der Waals surface area contributed by atoms with E-state index in [4.69, 9.17) is 4.74 Å². The smallest absolute Gasteiger partial charge is 0.354 e. The Labute approximate surface area is 137 Å². The second-order valence-corrected chi connectivity index (χ2v) is 6.30.